The Labute approximate surface area is 166 Å². The van der Waals surface area contributed by atoms with Crippen LogP contribution in [0.3, 0.4) is 0 Å². The van der Waals surface area contributed by atoms with Gasteiger partial charge in [0.05, 0.1) is 13.2 Å². The molecule has 0 fully saturated rings. The molecule has 6 heteroatoms. The van der Waals surface area contributed by atoms with Crippen molar-refractivity contribution in [2.45, 2.75) is 20.3 Å². The standard InChI is InChI=1S/C22H28N2O4/c1-16(2)11-13-28-20-6-4-5-18(15-20)22(26)24-19-9-7-17(8-10-19)21(25)23-12-14-27-3/h4-10,15-16H,11-14H2,1-3H3,(H,23,25)(H,24,26). The van der Waals surface area contributed by atoms with Gasteiger partial charge in [-0.3, -0.25) is 9.59 Å². The highest BCUT2D eigenvalue weighted by Crippen LogP contribution is 2.17. The van der Waals surface area contributed by atoms with Crippen molar-refractivity contribution in [1.82, 2.24) is 5.32 Å². The van der Waals surface area contributed by atoms with Gasteiger partial charge in [0.2, 0.25) is 0 Å². The van der Waals surface area contributed by atoms with Gasteiger partial charge in [0.1, 0.15) is 5.75 Å². The van der Waals surface area contributed by atoms with Crippen molar-refractivity contribution in [1.29, 1.82) is 0 Å². The fourth-order valence-electron chi connectivity index (χ4n) is 2.42. The van der Waals surface area contributed by atoms with Crippen molar-refractivity contribution in [2.75, 3.05) is 32.2 Å². The molecule has 0 radical (unpaired) electrons. The molecule has 0 aliphatic carbocycles. The van der Waals surface area contributed by atoms with Gasteiger partial charge in [0, 0.05) is 30.5 Å². The van der Waals surface area contributed by atoms with E-state index in [9.17, 15) is 9.59 Å². The van der Waals surface area contributed by atoms with E-state index < -0.39 is 0 Å². The van der Waals surface area contributed by atoms with E-state index in [4.69, 9.17) is 9.47 Å². The van der Waals surface area contributed by atoms with Gasteiger partial charge in [-0.05, 0) is 54.8 Å². The van der Waals surface area contributed by atoms with Gasteiger partial charge < -0.3 is 20.1 Å². The number of hydrogen-bond acceptors (Lipinski definition) is 4. The summed E-state index contributed by atoms with van der Waals surface area (Å²) in [5, 5.41) is 5.58. The maximum Gasteiger partial charge on any atom is 0.255 e. The maximum absolute atomic E-state index is 12.5. The van der Waals surface area contributed by atoms with Gasteiger partial charge in [0.25, 0.3) is 11.8 Å². The first-order valence-electron chi connectivity index (χ1n) is 9.41. The lowest BCUT2D eigenvalue weighted by Gasteiger charge is -2.10. The summed E-state index contributed by atoms with van der Waals surface area (Å²) >= 11 is 0. The van der Waals surface area contributed by atoms with Crippen LogP contribution in [0.2, 0.25) is 0 Å². The van der Waals surface area contributed by atoms with Gasteiger partial charge in [0.15, 0.2) is 0 Å². The van der Waals surface area contributed by atoms with E-state index in [1.54, 1.807) is 49.6 Å². The topological polar surface area (TPSA) is 76.7 Å². The number of benzene rings is 2. The van der Waals surface area contributed by atoms with Crippen LogP contribution in [0.15, 0.2) is 48.5 Å². The minimum atomic E-state index is -0.230. The van der Waals surface area contributed by atoms with Crippen molar-refractivity contribution in [3.63, 3.8) is 0 Å². The zero-order chi connectivity index (χ0) is 20.4. The molecule has 2 aromatic carbocycles. The number of amides is 2. The van der Waals surface area contributed by atoms with Crippen molar-refractivity contribution in [3.05, 3.63) is 59.7 Å². The monoisotopic (exact) mass is 384 g/mol. The highest BCUT2D eigenvalue weighted by Gasteiger charge is 2.09. The first kappa shape index (κ1) is 21.4. The van der Waals surface area contributed by atoms with Crippen molar-refractivity contribution in [2.24, 2.45) is 5.92 Å². The van der Waals surface area contributed by atoms with E-state index in [-0.39, 0.29) is 11.8 Å². The van der Waals surface area contributed by atoms with Crippen molar-refractivity contribution >= 4 is 17.5 Å². The number of ether oxygens (including phenoxy) is 2. The third-order valence-electron chi connectivity index (χ3n) is 4.06. The summed E-state index contributed by atoms with van der Waals surface area (Å²) in [6, 6.07) is 13.8. The molecular formula is C22H28N2O4. The Morgan fingerprint density at radius 3 is 2.39 bits per heavy atom. The Kier molecular flexibility index (Phi) is 8.49. The summed E-state index contributed by atoms with van der Waals surface area (Å²) < 4.78 is 10.6. The van der Waals surface area contributed by atoms with Crippen LogP contribution >= 0.6 is 0 Å². The molecule has 0 aromatic heterocycles. The quantitative estimate of drug-likeness (QED) is 0.612. The third-order valence-corrected chi connectivity index (χ3v) is 4.06. The van der Waals surface area contributed by atoms with E-state index in [0.717, 1.165) is 6.42 Å². The molecule has 2 rings (SSSR count). The molecule has 0 aliphatic rings. The predicted octanol–water partition coefficient (Wildman–Crippen LogP) is 3.74. The number of anilines is 1. The lowest BCUT2D eigenvalue weighted by Crippen LogP contribution is -2.26. The highest BCUT2D eigenvalue weighted by atomic mass is 16.5. The van der Waals surface area contributed by atoms with Crippen molar-refractivity contribution in [3.8, 4) is 5.75 Å². The van der Waals surface area contributed by atoms with Crippen LogP contribution in [-0.2, 0) is 4.74 Å². The number of rotatable bonds is 10. The summed E-state index contributed by atoms with van der Waals surface area (Å²) in [4.78, 5) is 24.5. The van der Waals surface area contributed by atoms with Gasteiger partial charge in [-0.15, -0.1) is 0 Å². The minimum Gasteiger partial charge on any atom is -0.494 e. The molecule has 0 atom stereocenters. The lowest BCUT2D eigenvalue weighted by atomic mass is 10.1. The molecule has 150 valence electrons. The average Bonchev–Trinajstić information content (AvgIpc) is 2.68. The van der Waals surface area contributed by atoms with E-state index in [2.05, 4.69) is 24.5 Å². The summed E-state index contributed by atoms with van der Waals surface area (Å²) in [7, 11) is 1.58. The van der Waals surface area contributed by atoms with Crippen LogP contribution in [-0.4, -0.2) is 38.7 Å². The number of carbonyl (C=O) groups is 2. The zero-order valence-corrected chi connectivity index (χ0v) is 16.7. The van der Waals surface area contributed by atoms with E-state index in [1.165, 1.54) is 0 Å². The van der Waals surface area contributed by atoms with Gasteiger partial charge in [-0.25, -0.2) is 0 Å². The zero-order valence-electron chi connectivity index (χ0n) is 16.7. The Balaban J connectivity index is 1.92. The van der Waals surface area contributed by atoms with E-state index >= 15 is 0 Å². The normalized spacial score (nSPS) is 10.6. The minimum absolute atomic E-state index is 0.179. The van der Waals surface area contributed by atoms with E-state index in [0.29, 0.717) is 48.2 Å². The van der Waals surface area contributed by atoms with Gasteiger partial charge >= 0.3 is 0 Å². The Bertz CT molecular complexity index is 772. The number of hydrogen-bond donors (Lipinski definition) is 2. The summed E-state index contributed by atoms with van der Waals surface area (Å²) in [5.74, 6) is 0.834. The maximum atomic E-state index is 12.5. The highest BCUT2D eigenvalue weighted by molar-refractivity contribution is 6.04. The predicted molar refractivity (Wildman–Crippen MR) is 110 cm³/mol. The molecule has 0 unspecified atom stereocenters. The van der Waals surface area contributed by atoms with Crippen LogP contribution in [0, 0.1) is 5.92 Å². The first-order chi connectivity index (χ1) is 13.5. The van der Waals surface area contributed by atoms with Crippen molar-refractivity contribution < 1.29 is 19.1 Å². The summed E-state index contributed by atoms with van der Waals surface area (Å²) in [6.45, 7) is 5.81. The number of nitrogens with one attached hydrogen (secondary N) is 2. The van der Waals surface area contributed by atoms with Gasteiger partial charge in [-0.1, -0.05) is 19.9 Å². The fourth-order valence-corrected chi connectivity index (χ4v) is 2.42. The van der Waals surface area contributed by atoms with Crippen LogP contribution in [0.1, 0.15) is 41.0 Å². The molecule has 0 heterocycles. The second kappa shape index (κ2) is 11.1. The molecule has 2 amide bonds. The summed E-state index contributed by atoms with van der Waals surface area (Å²) in [6.07, 6.45) is 0.960. The molecule has 0 saturated carbocycles. The summed E-state index contributed by atoms with van der Waals surface area (Å²) in [5.41, 5.74) is 1.66. The lowest BCUT2D eigenvalue weighted by molar-refractivity contribution is 0.0936. The molecule has 2 aromatic rings. The largest absolute Gasteiger partial charge is 0.494 e. The van der Waals surface area contributed by atoms with Crippen LogP contribution in [0.25, 0.3) is 0 Å². The Morgan fingerprint density at radius 1 is 0.964 bits per heavy atom. The average molecular weight is 384 g/mol. The smallest absolute Gasteiger partial charge is 0.255 e. The molecule has 0 saturated heterocycles. The third kappa shape index (κ3) is 7.04. The van der Waals surface area contributed by atoms with Crippen LogP contribution < -0.4 is 15.4 Å². The fraction of sp³-hybridized carbons (Fsp3) is 0.364. The molecule has 2 N–H and O–H groups in total. The second-order valence-corrected chi connectivity index (χ2v) is 6.84. The molecular weight excluding hydrogens is 356 g/mol. The SMILES string of the molecule is COCCNC(=O)c1ccc(NC(=O)c2cccc(OCCC(C)C)c2)cc1. The number of methoxy groups -OCH3 is 1. The van der Waals surface area contributed by atoms with Gasteiger partial charge in [-0.2, -0.15) is 0 Å². The molecule has 0 aliphatic heterocycles. The van der Waals surface area contributed by atoms with E-state index in [1.807, 2.05) is 6.07 Å². The van der Waals surface area contributed by atoms with Crippen LogP contribution in [0.5, 0.6) is 5.75 Å². The Morgan fingerprint density at radius 2 is 1.71 bits per heavy atom. The Hall–Kier alpha value is -2.86. The number of carbonyl (C=O) groups excluding carboxylic acids is 2. The van der Waals surface area contributed by atoms with Crippen LogP contribution in [0.4, 0.5) is 5.69 Å². The molecule has 28 heavy (non-hydrogen) atoms. The molecule has 0 bridgehead atoms. The second-order valence-electron chi connectivity index (χ2n) is 6.84. The first-order valence-corrected chi connectivity index (χ1v) is 9.41. The molecule has 0 spiro atoms. The molecule has 6 nitrogen and oxygen atoms in total.